The van der Waals surface area contributed by atoms with Crippen LogP contribution < -0.4 is 11.5 Å². The van der Waals surface area contributed by atoms with Crippen molar-refractivity contribution in [1.82, 2.24) is 14.6 Å². The molecule has 2 aromatic heterocycles. The first kappa shape index (κ1) is 12.7. The number of hydrogen-bond donors (Lipinski definition) is 2. The first-order chi connectivity index (χ1) is 8.56. The van der Waals surface area contributed by atoms with E-state index in [2.05, 4.69) is 26.0 Å². The minimum atomic E-state index is -0.651. The van der Waals surface area contributed by atoms with Gasteiger partial charge in [0.1, 0.15) is 0 Å². The molecule has 2 heterocycles. The number of hydrogen-bond acceptors (Lipinski definition) is 4. The molecule has 1 amide bonds. The molecule has 1 atom stereocenters. The molecule has 0 fully saturated rings. The van der Waals surface area contributed by atoms with Crippen molar-refractivity contribution in [2.75, 3.05) is 17.7 Å². The number of carbonyl (C=O) groups is 1. The van der Waals surface area contributed by atoms with Crippen molar-refractivity contribution in [2.24, 2.45) is 5.73 Å². The van der Waals surface area contributed by atoms with Crippen molar-refractivity contribution in [3.05, 3.63) is 23.4 Å². The third-order valence-corrected chi connectivity index (χ3v) is 3.36. The predicted octanol–water partition coefficient (Wildman–Crippen LogP) is 0.858. The van der Waals surface area contributed by atoms with Gasteiger partial charge >= 0.3 is 0 Å². The highest BCUT2D eigenvalue weighted by molar-refractivity contribution is 9.09. The smallest absolute Gasteiger partial charge is 0.252 e. The Kier molecular flexibility index (Phi) is 3.46. The topological polar surface area (TPSA) is 99.3 Å². The van der Waals surface area contributed by atoms with E-state index in [1.807, 2.05) is 0 Å². The zero-order valence-corrected chi connectivity index (χ0v) is 10.9. The van der Waals surface area contributed by atoms with Crippen LogP contribution in [0.1, 0.15) is 21.8 Å². The highest BCUT2D eigenvalue weighted by Gasteiger charge is 2.17. The van der Waals surface area contributed by atoms with Crippen LogP contribution in [0.25, 0.3) is 5.65 Å². The maximum Gasteiger partial charge on any atom is 0.252 e. The van der Waals surface area contributed by atoms with E-state index in [4.69, 9.17) is 11.5 Å². The van der Waals surface area contributed by atoms with Gasteiger partial charge in [-0.25, -0.2) is 4.52 Å². The normalized spacial score (nSPS) is 12.8. The number of halogens is 2. The Hall–Kier alpha value is -1.70. The number of alkyl halides is 2. The highest BCUT2D eigenvalue weighted by atomic mass is 79.9. The quantitative estimate of drug-likeness (QED) is 0.817. The summed E-state index contributed by atoms with van der Waals surface area (Å²) >= 11 is 3.22. The fourth-order valence-electron chi connectivity index (χ4n) is 1.65. The summed E-state index contributed by atoms with van der Waals surface area (Å²) in [5.74, 6) is -0.996. The monoisotopic (exact) mass is 315 g/mol. The van der Waals surface area contributed by atoms with Crippen LogP contribution in [-0.2, 0) is 0 Å². The van der Waals surface area contributed by atoms with E-state index in [1.165, 1.54) is 10.6 Å². The average molecular weight is 316 g/mol. The second-order valence-corrected chi connectivity index (χ2v) is 4.44. The molecule has 0 saturated carbocycles. The Bertz CT molecular complexity index is 595. The fourth-order valence-corrected chi connectivity index (χ4v) is 2.19. The third kappa shape index (κ3) is 2.15. The fraction of sp³-hybridized carbons (Fsp3) is 0.300. The Morgan fingerprint density at radius 2 is 2.33 bits per heavy atom. The number of amides is 1. The second-order valence-electron chi connectivity index (χ2n) is 3.80. The lowest BCUT2D eigenvalue weighted by molar-refractivity contribution is 0.100. The predicted molar refractivity (Wildman–Crippen MR) is 68.4 cm³/mol. The van der Waals surface area contributed by atoms with E-state index in [9.17, 15) is 9.18 Å². The van der Waals surface area contributed by atoms with Crippen molar-refractivity contribution < 1.29 is 9.18 Å². The van der Waals surface area contributed by atoms with Gasteiger partial charge in [-0.15, -0.1) is 5.10 Å². The van der Waals surface area contributed by atoms with E-state index in [0.29, 0.717) is 10.9 Å². The largest absolute Gasteiger partial charge is 0.366 e. The molecule has 8 heteroatoms. The number of anilines is 1. The Morgan fingerprint density at radius 3 is 2.89 bits per heavy atom. The molecular formula is C10H11BrFN5O. The summed E-state index contributed by atoms with van der Waals surface area (Å²) in [6.07, 6.45) is 1.59. The number of primary amides is 1. The Morgan fingerprint density at radius 1 is 1.61 bits per heavy atom. The van der Waals surface area contributed by atoms with Gasteiger partial charge < -0.3 is 11.5 Å². The molecule has 0 bridgehead atoms. The van der Waals surface area contributed by atoms with Crippen LogP contribution in [0.2, 0.25) is 0 Å². The molecule has 0 aliphatic carbocycles. The molecule has 2 rings (SSSR count). The number of rotatable bonds is 4. The van der Waals surface area contributed by atoms with Gasteiger partial charge in [-0.2, -0.15) is 4.98 Å². The number of aromatic nitrogens is 3. The summed E-state index contributed by atoms with van der Waals surface area (Å²) in [7, 11) is 0. The first-order valence-electron chi connectivity index (χ1n) is 5.14. The number of pyridine rings is 1. The molecule has 0 aliphatic heterocycles. The number of carbonyl (C=O) groups excluding carboxylic acids is 1. The number of nitrogen functional groups attached to an aromatic ring is 1. The van der Waals surface area contributed by atoms with Crippen LogP contribution in [0.3, 0.4) is 0 Å². The van der Waals surface area contributed by atoms with Crippen LogP contribution in [0.15, 0.2) is 12.3 Å². The van der Waals surface area contributed by atoms with Gasteiger partial charge in [0, 0.05) is 17.4 Å². The van der Waals surface area contributed by atoms with E-state index >= 15 is 0 Å². The number of nitrogens with zero attached hydrogens (tertiary/aromatic N) is 3. The molecule has 0 radical (unpaired) electrons. The maximum atomic E-state index is 12.9. The highest BCUT2D eigenvalue weighted by Crippen LogP contribution is 2.22. The summed E-state index contributed by atoms with van der Waals surface area (Å²) in [5.41, 5.74) is 11.8. The Balaban J connectivity index is 2.67. The van der Waals surface area contributed by atoms with Crippen molar-refractivity contribution in [2.45, 2.75) is 5.92 Å². The van der Waals surface area contributed by atoms with Crippen LogP contribution in [-0.4, -0.2) is 32.5 Å². The van der Waals surface area contributed by atoms with Crippen LogP contribution >= 0.6 is 15.9 Å². The number of fused-ring (bicyclic) bond motifs is 1. The maximum absolute atomic E-state index is 12.9. The molecule has 2 aromatic rings. The van der Waals surface area contributed by atoms with E-state index in [-0.39, 0.29) is 23.1 Å². The van der Waals surface area contributed by atoms with Crippen LogP contribution in [0, 0.1) is 0 Å². The molecule has 0 aliphatic rings. The van der Waals surface area contributed by atoms with Crippen LogP contribution in [0.4, 0.5) is 10.3 Å². The molecular weight excluding hydrogens is 305 g/mol. The zero-order chi connectivity index (χ0) is 13.3. The SMILES string of the molecule is NC(=O)c1cc(C(CF)CBr)cn2nc(N)nc12. The van der Waals surface area contributed by atoms with E-state index < -0.39 is 12.6 Å². The third-order valence-electron chi connectivity index (χ3n) is 2.58. The van der Waals surface area contributed by atoms with Crippen molar-refractivity contribution in [3.8, 4) is 0 Å². The van der Waals surface area contributed by atoms with E-state index in [0.717, 1.165) is 0 Å². The molecule has 18 heavy (non-hydrogen) atoms. The van der Waals surface area contributed by atoms with Gasteiger partial charge in [0.25, 0.3) is 5.91 Å². The molecule has 6 nitrogen and oxygen atoms in total. The molecule has 4 N–H and O–H groups in total. The Labute approximate surface area is 110 Å². The van der Waals surface area contributed by atoms with Gasteiger partial charge in [-0.3, -0.25) is 9.18 Å². The van der Waals surface area contributed by atoms with E-state index in [1.54, 1.807) is 6.20 Å². The van der Waals surface area contributed by atoms with Gasteiger partial charge in [0.05, 0.1) is 12.2 Å². The summed E-state index contributed by atoms with van der Waals surface area (Å²) < 4.78 is 14.2. The summed E-state index contributed by atoms with van der Waals surface area (Å²) in [6.45, 7) is -0.556. The summed E-state index contributed by atoms with van der Waals surface area (Å²) in [5, 5.41) is 4.33. The minimum absolute atomic E-state index is 0.0327. The average Bonchev–Trinajstić information content (AvgIpc) is 2.69. The first-order valence-corrected chi connectivity index (χ1v) is 6.26. The molecule has 0 aromatic carbocycles. The van der Waals surface area contributed by atoms with Gasteiger partial charge in [-0.05, 0) is 11.6 Å². The molecule has 1 unspecified atom stereocenters. The van der Waals surface area contributed by atoms with Crippen molar-refractivity contribution >= 4 is 33.4 Å². The summed E-state index contributed by atoms with van der Waals surface area (Å²) in [6, 6.07) is 1.53. The van der Waals surface area contributed by atoms with Crippen molar-refractivity contribution in [1.29, 1.82) is 0 Å². The second kappa shape index (κ2) is 4.89. The lowest BCUT2D eigenvalue weighted by Gasteiger charge is -2.11. The molecule has 0 saturated heterocycles. The lowest BCUT2D eigenvalue weighted by Crippen LogP contribution is -2.15. The minimum Gasteiger partial charge on any atom is -0.366 e. The standard InChI is InChI=1S/C10H11BrFN5O/c11-2-6(3-12)5-1-7(8(13)18)9-15-10(14)16-17(9)4-5/h1,4,6H,2-3H2,(H2,13,18)(H2,14,16). The summed E-state index contributed by atoms with van der Waals surface area (Å²) in [4.78, 5) is 15.3. The number of nitrogens with two attached hydrogens (primary N) is 2. The van der Waals surface area contributed by atoms with Gasteiger partial charge in [-0.1, -0.05) is 15.9 Å². The zero-order valence-electron chi connectivity index (χ0n) is 9.31. The lowest BCUT2D eigenvalue weighted by atomic mass is 10.0. The molecule has 96 valence electrons. The molecule has 0 spiro atoms. The van der Waals surface area contributed by atoms with Crippen LogP contribution in [0.5, 0.6) is 0 Å². The van der Waals surface area contributed by atoms with Crippen molar-refractivity contribution in [3.63, 3.8) is 0 Å². The van der Waals surface area contributed by atoms with Gasteiger partial charge in [0.15, 0.2) is 5.65 Å². The van der Waals surface area contributed by atoms with Gasteiger partial charge in [0.2, 0.25) is 5.95 Å².